The lowest BCUT2D eigenvalue weighted by Crippen LogP contribution is -2.54. The number of hydrogen-bond acceptors (Lipinski definition) is 5. The van der Waals surface area contributed by atoms with Crippen LogP contribution in [0.1, 0.15) is 61.5 Å². The van der Waals surface area contributed by atoms with Gasteiger partial charge in [-0.05, 0) is 60.3 Å². The Balaban J connectivity index is 1.38. The summed E-state index contributed by atoms with van der Waals surface area (Å²) in [4.78, 5) is 38.8. The molecule has 2 amide bonds. The molecule has 1 aliphatic heterocycles. The number of anilines is 1. The molecule has 0 bridgehead atoms. The van der Waals surface area contributed by atoms with E-state index in [9.17, 15) is 19.5 Å². The van der Waals surface area contributed by atoms with Gasteiger partial charge in [0.15, 0.2) is 0 Å². The highest BCUT2D eigenvalue weighted by molar-refractivity contribution is 6.00. The number of carbonyl (C=O) groups is 3. The Morgan fingerprint density at radius 3 is 2.36 bits per heavy atom. The number of aromatic nitrogens is 2. The number of benzene rings is 1. The van der Waals surface area contributed by atoms with Crippen molar-refractivity contribution in [2.24, 2.45) is 24.3 Å². The fraction of sp³-hybridized carbons (Fsp3) is 0.556. The molecule has 36 heavy (non-hydrogen) atoms. The molecule has 3 N–H and O–H groups in total. The Morgan fingerprint density at radius 2 is 1.86 bits per heavy atom. The molecule has 2 aromatic rings. The molecule has 0 spiro atoms. The van der Waals surface area contributed by atoms with Crippen LogP contribution in [0.2, 0.25) is 0 Å². The van der Waals surface area contributed by atoms with Crippen molar-refractivity contribution in [3.8, 4) is 0 Å². The van der Waals surface area contributed by atoms with Gasteiger partial charge >= 0.3 is 5.97 Å². The summed E-state index contributed by atoms with van der Waals surface area (Å²) in [5.74, 6) is -1.02. The van der Waals surface area contributed by atoms with E-state index < -0.39 is 17.4 Å². The molecular formula is C27H34N4O5. The maximum Gasteiger partial charge on any atom is 0.316 e. The summed E-state index contributed by atoms with van der Waals surface area (Å²) in [7, 11) is 1.70. The van der Waals surface area contributed by atoms with Crippen molar-refractivity contribution in [1.82, 2.24) is 15.1 Å². The zero-order valence-corrected chi connectivity index (χ0v) is 20.8. The van der Waals surface area contributed by atoms with Crippen LogP contribution in [0.5, 0.6) is 0 Å². The molecule has 9 nitrogen and oxygen atoms in total. The van der Waals surface area contributed by atoms with Crippen molar-refractivity contribution in [3.05, 3.63) is 47.8 Å². The molecule has 1 aromatic carbocycles. The minimum Gasteiger partial charge on any atom is -0.481 e. The first-order valence-corrected chi connectivity index (χ1v) is 12.7. The van der Waals surface area contributed by atoms with Crippen LogP contribution < -0.4 is 10.6 Å². The Labute approximate surface area is 210 Å². The number of nitrogens with one attached hydrogen (secondary N) is 2. The first-order valence-electron chi connectivity index (χ1n) is 12.7. The van der Waals surface area contributed by atoms with Crippen LogP contribution >= 0.6 is 0 Å². The minimum absolute atomic E-state index is 0.0348. The molecule has 1 saturated heterocycles. The third-order valence-electron chi connectivity index (χ3n) is 8.62. The molecule has 2 heterocycles. The van der Waals surface area contributed by atoms with Crippen LogP contribution in [0.25, 0.3) is 0 Å². The smallest absolute Gasteiger partial charge is 0.316 e. The van der Waals surface area contributed by atoms with Gasteiger partial charge in [-0.2, -0.15) is 5.10 Å². The van der Waals surface area contributed by atoms with Crippen molar-refractivity contribution in [1.29, 1.82) is 0 Å². The summed E-state index contributed by atoms with van der Waals surface area (Å²) in [6, 6.07) is 7.91. The summed E-state index contributed by atoms with van der Waals surface area (Å²) < 4.78 is 6.89. The summed E-state index contributed by atoms with van der Waals surface area (Å²) in [6.07, 6.45) is 7.37. The monoisotopic (exact) mass is 494 g/mol. The van der Waals surface area contributed by atoms with Crippen molar-refractivity contribution in [2.45, 2.75) is 56.9 Å². The number of hydrogen-bond donors (Lipinski definition) is 3. The number of carboxylic acid groups (broad SMARTS) is 1. The maximum absolute atomic E-state index is 13.7. The highest BCUT2D eigenvalue weighted by Gasteiger charge is 2.54. The van der Waals surface area contributed by atoms with Gasteiger partial charge in [0.1, 0.15) is 17.2 Å². The van der Waals surface area contributed by atoms with E-state index in [1.165, 1.54) is 4.68 Å². The number of rotatable bonds is 9. The van der Waals surface area contributed by atoms with Crippen molar-refractivity contribution in [2.75, 3.05) is 18.5 Å². The molecule has 192 valence electrons. The SMILES string of the molecule is Cn1nccc1C(=O)N[C@H](C(=O)Nc1ccc(C2(C(=O)O)CCOC2)cc1)C(C1CCC1)C1(C)CC1. The molecular weight excluding hydrogens is 460 g/mol. The summed E-state index contributed by atoms with van der Waals surface area (Å²) in [5.41, 5.74) is 0.606. The average molecular weight is 495 g/mol. The topological polar surface area (TPSA) is 123 Å². The van der Waals surface area contributed by atoms with Gasteiger partial charge in [-0.1, -0.05) is 38.3 Å². The fourth-order valence-electron chi connectivity index (χ4n) is 5.88. The van der Waals surface area contributed by atoms with Crippen LogP contribution in [0.4, 0.5) is 5.69 Å². The zero-order valence-electron chi connectivity index (χ0n) is 20.8. The lowest BCUT2D eigenvalue weighted by Gasteiger charge is -2.42. The molecule has 5 rings (SSSR count). The van der Waals surface area contributed by atoms with E-state index in [0.29, 0.717) is 35.9 Å². The van der Waals surface area contributed by atoms with E-state index in [4.69, 9.17) is 4.74 Å². The number of carboxylic acids is 1. The highest BCUT2D eigenvalue weighted by Crippen LogP contribution is 2.58. The van der Waals surface area contributed by atoms with Crippen molar-refractivity contribution in [3.63, 3.8) is 0 Å². The number of ether oxygens (including phenoxy) is 1. The summed E-state index contributed by atoms with van der Waals surface area (Å²) >= 11 is 0. The summed E-state index contributed by atoms with van der Waals surface area (Å²) in [6.45, 7) is 2.76. The van der Waals surface area contributed by atoms with Crippen LogP contribution in [0.3, 0.4) is 0 Å². The number of aliphatic carboxylic acids is 1. The third kappa shape index (κ3) is 4.40. The standard InChI is InChI=1S/C27H34N4O5/c1-26(11-12-26)21(17-4-3-5-17)22(30-23(32)20-10-14-28-31(20)2)24(33)29-19-8-6-18(7-9-19)27(25(34)35)13-15-36-16-27/h6-10,14,17,21-22H,3-5,11-13,15-16H2,1-2H3,(H,29,33)(H,30,32)(H,34,35)/t21?,22-,27?/m0/s1. The molecule has 3 fully saturated rings. The van der Waals surface area contributed by atoms with E-state index >= 15 is 0 Å². The van der Waals surface area contributed by atoms with Crippen LogP contribution in [0.15, 0.2) is 36.5 Å². The second-order valence-electron chi connectivity index (χ2n) is 10.9. The van der Waals surface area contributed by atoms with Crippen molar-refractivity contribution < 1.29 is 24.2 Å². The molecule has 2 saturated carbocycles. The number of nitrogens with zero attached hydrogens (tertiary/aromatic N) is 2. The van der Waals surface area contributed by atoms with Crippen LogP contribution in [-0.2, 0) is 26.8 Å². The Morgan fingerprint density at radius 1 is 1.14 bits per heavy atom. The normalized spacial score (nSPS) is 24.4. The molecule has 3 aliphatic rings. The minimum atomic E-state index is -1.06. The molecule has 3 atom stereocenters. The van der Waals surface area contributed by atoms with Gasteiger partial charge in [0.25, 0.3) is 5.91 Å². The lowest BCUT2D eigenvalue weighted by atomic mass is 9.66. The quantitative estimate of drug-likeness (QED) is 0.492. The Kier molecular flexibility index (Phi) is 6.36. The average Bonchev–Trinajstić information content (AvgIpc) is 3.20. The number of amides is 2. The number of aryl methyl sites for hydroxylation is 1. The second kappa shape index (κ2) is 9.35. The summed E-state index contributed by atoms with van der Waals surface area (Å²) in [5, 5.41) is 19.9. The molecule has 0 radical (unpaired) electrons. The van der Waals surface area contributed by atoms with E-state index in [1.807, 2.05) is 0 Å². The van der Waals surface area contributed by atoms with Crippen LogP contribution in [-0.4, -0.2) is 51.9 Å². The Hall–Kier alpha value is -3.20. The first kappa shape index (κ1) is 24.5. The van der Waals surface area contributed by atoms with Gasteiger partial charge in [-0.25, -0.2) is 0 Å². The van der Waals surface area contributed by atoms with Gasteiger partial charge in [-0.3, -0.25) is 19.1 Å². The van der Waals surface area contributed by atoms with Gasteiger partial charge in [0.2, 0.25) is 5.91 Å². The predicted octanol–water partition coefficient (Wildman–Crippen LogP) is 3.12. The lowest BCUT2D eigenvalue weighted by molar-refractivity contribution is -0.143. The zero-order chi connectivity index (χ0) is 25.5. The van der Waals surface area contributed by atoms with Gasteiger partial charge in [0, 0.05) is 25.5 Å². The van der Waals surface area contributed by atoms with Crippen molar-refractivity contribution >= 4 is 23.5 Å². The van der Waals surface area contributed by atoms with Gasteiger partial charge in [-0.15, -0.1) is 0 Å². The van der Waals surface area contributed by atoms with E-state index in [2.05, 4.69) is 22.7 Å². The molecule has 2 aliphatic carbocycles. The Bertz CT molecular complexity index is 1140. The fourth-order valence-corrected chi connectivity index (χ4v) is 5.88. The second-order valence-corrected chi connectivity index (χ2v) is 10.9. The first-order chi connectivity index (χ1) is 17.2. The van der Waals surface area contributed by atoms with Crippen LogP contribution in [0, 0.1) is 17.3 Å². The largest absolute Gasteiger partial charge is 0.481 e. The highest BCUT2D eigenvalue weighted by atomic mass is 16.5. The maximum atomic E-state index is 13.7. The molecule has 1 aromatic heterocycles. The van der Waals surface area contributed by atoms with E-state index in [-0.39, 0.29) is 29.8 Å². The molecule has 9 heteroatoms. The van der Waals surface area contributed by atoms with E-state index in [0.717, 1.165) is 32.1 Å². The predicted molar refractivity (Wildman–Crippen MR) is 132 cm³/mol. The van der Waals surface area contributed by atoms with Gasteiger partial charge < -0.3 is 20.5 Å². The van der Waals surface area contributed by atoms with Gasteiger partial charge in [0.05, 0.1) is 6.61 Å². The molecule has 2 unspecified atom stereocenters. The van der Waals surface area contributed by atoms with E-state index in [1.54, 1.807) is 43.6 Å². The third-order valence-corrected chi connectivity index (χ3v) is 8.62. The number of carbonyl (C=O) groups excluding carboxylic acids is 2.